The van der Waals surface area contributed by atoms with E-state index in [1.807, 2.05) is 32.0 Å². The summed E-state index contributed by atoms with van der Waals surface area (Å²) in [6.45, 7) is 8.09. The topological polar surface area (TPSA) is 23.8 Å². The Labute approximate surface area is 96.7 Å². The number of rotatable bonds is 2. The number of hydrogen-bond acceptors (Lipinski definition) is 1. The van der Waals surface area contributed by atoms with Gasteiger partial charge in [0, 0.05) is 5.02 Å². The normalized spacial score (nSPS) is 11.5. The highest BCUT2D eigenvalue weighted by molar-refractivity contribution is 6.30. The first-order valence-corrected chi connectivity index (χ1v) is 5.47. The van der Waals surface area contributed by atoms with E-state index in [4.69, 9.17) is 16.9 Å². The fourth-order valence-electron chi connectivity index (χ4n) is 1.63. The molecule has 0 bridgehead atoms. The van der Waals surface area contributed by atoms with Crippen LogP contribution in [0.4, 0.5) is 0 Å². The van der Waals surface area contributed by atoms with E-state index in [0.29, 0.717) is 10.9 Å². The van der Waals surface area contributed by atoms with Gasteiger partial charge in [-0.3, -0.25) is 0 Å². The highest BCUT2D eigenvalue weighted by Gasteiger charge is 2.24. The van der Waals surface area contributed by atoms with Gasteiger partial charge in [0.2, 0.25) is 0 Å². The second kappa shape index (κ2) is 4.24. The fourth-order valence-corrected chi connectivity index (χ4v) is 1.81. The maximum atomic E-state index is 9.15. The molecule has 0 saturated heterocycles. The molecule has 0 aliphatic carbocycles. The first-order chi connectivity index (χ1) is 6.88. The van der Waals surface area contributed by atoms with Crippen LogP contribution in [-0.2, 0) is 5.41 Å². The van der Waals surface area contributed by atoms with E-state index in [-0.39, 0.29) is 0 Å². The van der Waals surface area contributed by atoms with E-state index < -0.39 is 5.41 Å². The summed E-state index contributed by atoms with van der Waals surface area (Å²) >= 11 is 5.98. The Morgan fingerprint density at radius 1 is 1.33 bits per heavy atom. The third-order valence-electron chi connectivity index (χ3n) is 2.59. The SMILES string of the molecule is CC(C)c1ccc(Cl)cc1C(C)(C)C#N. The largest absolute Gasteiger partial charge is 0.197 e. The molecule has 1 rings (SSSR count). The molecule has 0 atom stereocenters. The first kappa shape index (κ1) is 12.1. The van der Waals surface area contributed by atoms with Gasteiger partial charge in [-0.1, -0.05) is 31.5 Å². The number of nitriles is 1. The quantitative estimate of drug-likeness (QED) is 0.732. The lowest BCUT2D eigenvalue weighted by atomic mass is 9.80. The number of benzene rings is 1. The number of hydrogen-bond donors (Lipinski definition) is 0. The molecule has 15 heavy (non-hydrogen) atoms. The molecule has 0 aliphatic rings. The summed E-state index contributed by atoms with van der Waals surface area (Å²) in [7, 11) is 0. The van der Waals surface area contributed by atoms with E-state index in [9.17, 15) is 0 Å². The molecule has 0 heterocycles. The molecule has 1 aromatic rings. The Kier molecular flexibility index (Phi) is 3.42. The van der Waals surface area contributed by atoms with Crippen LogP contribution in [0, 0.1) is 11.3 Å². The van der Waals surface area contributed by atoms with Gasteiger partial charge in [0.1, 0.15) is 0 Å². The molecule has 80 valence electrons. The third-order valence-corrected chi connectivity index (χ3v) is 2.83. The Bertz CT molecular complexity index is 399. The van der Waals surface area contributed by atoms with Crippen molar-refractivity contribution in [1.82, 2.24) is 0 Å². The fraction of sp³-hybridized carbons (Fsp3) is 0.462. The van der Waals surface area contributed by atoms with Gasteiger partial charge in [-0.05, 0) is 43.0 Å². The molecule has 0 radical (unpaired) electrons. The number of nitrogens with zero attached hydrogens (tertiary/aromatic N) is 1. The third kappa shape index (κ3) is 2.52. The van der Waals surface area contributed by atoms with Crippen molar-refractivity contribution in [2.75, 3.05) is 0 Å². The van der Waals surface area contributed by atoms with Gasteiger partial charge in [0.25, 0.3) is 0 Å². The minimum absolute atomic E-state index is 0.407. The molecule has 1 aromatic carbocycles. The molecule has 2 heteroatoms. The van der Waals surface area contributed by atoms with Gasteiger partial charge < -0.3 is 0 Å². The molecular formula is C13H16ClN. The second-order valence-electron chi connectivity index (χ2n) is 4.62. The van der Waals surface area contributed by atoms with E-state index in [1.54, 1.807) is 0 Å². The molecule has 0 fully saturated rings. The highest BCUT2D eigenvalue weighted by atomic mass is 35.5. The molecule has 0 N–H and O–H groups in total. The molecule has 0 amide bonds. The zero-order valence-electron chi connectivity index (χ0n) is 9.63. The van der Waals surface area contributed by atoms with Crippen LogP contribution in [0.2, 0.25) is 5.02 Å². The van der Waals surface area contributed by atoms with Gasteiger partial charge in [-0.25, -0.2) is 0 Å². The van der Waals surface area contributed by atoms with Crippen LogP contribution in [-0.4, -0.2) is 0 Å². The summed E-state index contributed by atoms with van der Waals surface area (Å²) < 4.78 is 0. The summed E-state index contributed by atoms with van der Waals surface area (Å²) in [4.78, 5) is 0. The molecule has 1 nitrogen and oxygen atoms in total. The minimum Gasteiger partial charge on any atom is -0.197 e. The highest BCUT2D eigenvalue weighted by Crippen LogP contribution is 2.32. The maximum Gasteiger partial charge on any atom is 0.0769 e. The van der Waals surface area contributed by atoms with Crippen LogP contribution in [0.5, 0.6) is 0 Å². The predicted octanol–water partition coefficient (Wildman–Crippen LogP) is 4.26. The van der Waals surface area contributed by atoms with Crippen LogP contribution in [0.1, 0.15) is 44.7 Å². The van der Waals surface area contributed by atoms with Gasteiger partial charge in [0.15, 0.2) is 0 Å². The van der Waals surface area contributed by atoms with Crippen molar-refractivity contribution in [1.29, 1.82) is 5.26 Å². The molecular weight excluding hydrogens is 206 g/mol. The zero-order chi connectivity index (χ0) is 11.6. The lowest BCUT2D eigenvalue weighted by Crippen LogP contribution is -2.17. The second-order valence-corrected chi connectivity index (χ2v) is 5.06. The van der Waals surface area contributed by atoms with Crippen molar-refractivity contribution in [2.24, 2.45) is 0 Å². The zero-order valence-corrected chi connectivity index (χ0v) is 10.4. The maximum absolute atomic E-state index is 9.15. The van der Waals surface area contributed by atoms with Crippen molar-refractivity contribution in [2.45, 2.75) is 39.0 Å². The standard InChI is InChI=1S/C13H16ClN/c1-9(2)11-6-5-10(14)7-12(11)13(3,4)8-15/h5-7,9H,1-4H3. The molecule has 0 aromatic heterocycles. The lowest BCUT2D eigenvalue weighted by molar-refractivity contribution is 0.664. The first-order valence-electron chi connectivity index (χ1n) is 5.09. The molecule has 0 saturated carbocycles. The van der Waals surface area contributed by atoms with Crippen LogP contribution in [0.25, 0.3) is 0 Å². The van der Waals surface area contributed by atoms with Crippen LogP contribution < -0.4 is 0 Å². The summed E-state index contributed by atoms with van der Waals surface area (Å²) in [5.74, 6) is 0.407. The predicted molar refractivity (Wildman–Crippen MR) is 64.2 cm³/mol. The van der Waals surface area contributed by atoms with Gasteiger partial charge in [-0.15, -0.1) is 0 Å². The van der Waals surface area contributed by atoms with Crippen LogP contribution in [0.3, 0.4) is 0 Å². The van der Waals surface area contributed by atoms with Crippen molar-refractivity contribution in [3.63, 3.8) is 0 Å². The molecule has 0 spiro atoms. The summed E-state index contributed by atoms with van der Waals surface area (Å²) in [6, 6.07) is 8.12. The Morgan fingerprint density at radius 3 is 2.40 bits per heavy atom. The van der Waals surface area contributed by atoms with Crippen LogP contribution in [0.15, 0.2) is 18.2 Å². The summed E-state index contributed by atoms with van der Waals surface area (Å²) in [5, 5.41) is 9.84. The van der Waals surface area contributed by atoms with Crippen molar-refractivity contribution in [3.05, 3.63) is 34.3 Å². The summed E-state index contributed by atoms with van der Waals surface area (Å²) in [6.07, 6.45) is 0. The van der Waals surface area contributed by atoms with Crippen LogP contribution >= 0.6 is 11.6 Å². The van der Waals surface area contributed by atoms with Gasteiger partial charge in [0.05, 0.1) is 11.5 Å². The average Bonchev–Trinajstić information content (AvgIpc) is 2.17. The number of halogens is 1. The van der Waals surface area contributed by atoms with E-state index >= 15 is 0 Å². The Balaban J connectivity index is 3.39. The average molecular weight is 222 g/mol. The Hall–Kier alpha value is -1.00. The van der Waals surface area contributed by atoms with Crippen molar-refractivity contribution >= 4 is 11.6 Å². The van der Waals surface area contributed by atoms with E-state index in [0.717, 1.165) is 5.56 Å². The monoisotopic (exact) mass is 221 g/mol. The Morgan fingerprint density at radius 2 is 1.93 bits per heavy atom. The van der Waals surface area contributed by atoms with Crippen molar-refractivity contribution < 1.29 is 0 Å². The smallest absolute Gasteiger partial charge is 0.0769 e. The van der Waals surface area contributed by atoms with Gasteiger partial charge >= 0.3 is 0 Å². The molecule has 0 unspecified atom stereocenters. The van der Waals surface area contributed by atoms with Crippen molar-refractivity contribution in [3.8, 4) is 6.07 Å². The van der Waals surface area contributed by atoms with E-state index in [1.165, 1.54) is 5.56 Å². The van der Waals surface area contributed by atoms with E-state index in [2.05, 4.69) is 19.9 Å². The minimum atomic E-state index is -0.482. The summed E-state index contributed by atoms with van der Waals surface area (Å²) in [5.41, 5.74) is 1.75. The molecule has 0 aliphatic heterocycles. The lowest BCUT2D eigenvalue weighted by Gasteiger charge is -2.22. The van der Waals surface area contributed by atoms with Gasteiger partial charge in [-0.2, -0.15) is 5.26 Å².